The molecule has 1 N–H and O–H groups in total. The first-order valence-electron chi connectivity index (χ1n) is 5.07. The second-order valence-electron chi connectivity index (χ2n) is 3.33. The van der Waals surface area contributed by atoms with Crippen molar-refractivity contribution in [1.29, 1.82) is 0 Å². The molecule has 1 amide bonds. The quantitative estimate of drug-likeness (QED) is 0.845. The van der Waals surface area contributed by atoms with E-state index in [1.165, 1.54) is 0 Å². The Hall–Kier alpha value is -2.10. The van der Waals surface area contributed by atoms with Crippen molar-refractivity contribution in [2.45, 2.75) is 6.42 Å². The lowest BCUT2D eigenvalue weighted by Crippen LogP contribution is -2.25. The van der Waals surface area contributed by atoms with Crippen molar-refractivity contribution in [2.24, 2.45) is 0 Å². The highest BCUT2D eigenvalue weighted by molar-refractivity contribution is 5.93. The van der Waals surface area contributed by atoms with Crippen molar-refractivity contribution in [1.82, 2.24) is 10.3 Å². The maximum Gasteiger partial charge on any atom is 0.252 e. The van der Waals surface area contributed by atoms with Gasteiger partial charge in [0.05, 0.1) is 11.8 Å². The van der Waals surface area contributed by atoms with Gasteiger partial charge in [-0.2, -0.15) is 0 Å². The van der Waals surface area contributed by atoms with E-state index in [0.717, 1.165) is 5.76 Å². The Kier molecular flexibility index (Phi) is 3.33. The number of carbonyl (C=O) groups is 1. The minimum atomic E-state index is -0.111. The van der Waals surface area contributed by atoms with Gasteiger partial charge in [-0.1, -0.05) is 0 Å². The van der Waals surface area contributed by atoms with Crippen molar-refractivity contribution in [3.8, 4) is 0 Å². The van der Waals surface area contributed by atoms with Gasteiger partial charge >= 0.3 is 0 Å². The summed E-state index contributed by atoms with van der Waals surface area (Å²) in [5, 5.41) is 2.80. The molecule has 0 aromatic carbocycles. The molecule has 4 heteroatoms. The highest BCUT2D eigenvalue weighted by atomic mass is 16.3. The summed E-state index contributed by atoms with van der Waals surface area (Å²) in [4.78, 5) is 15.5. The Bertz CT molecular complexity index is 437. The number of nitrogens with one attached hydrogen (secondary N) is 1. The van der Waals surface area contributed by atoms with Crippen molar-refractivity contribution in [3.05, 3.63) is 54.2 Å². The molecule has 2 aromatic heterocycles. The number of aromatic nitrogens is 1. The fraction of sp³-hybridized carbons (Fsp3) is 0.167. The normalized spacial score (nSPS) is 10.0. The lowest BCUT2D eigenvalue weighted by Gasteiger charge is -2.02. The zero-order valence-corrected chi connectivity index (χ0v) is 8.72. The van der Waals surface area contributed by atoms with Crippen LogP contribution in [0.3, 0.4) is 0 Å². The molecular weight excluding hydrogens is 204 g/mol. The summed E-state index contributed by atoms with van der Waals surface area (Å²) in [6, 6.07) is 7.19. The first kappa shape index (κ1) is 10.4. The van der Waals surface area contributed by atoms with Crippen molar-refractivity contribution in [2.75, 3.05) is 6.54 Å². The van der Waals surface area contributed by atoms with Crippen LogP contribution in [0, 0.1) is 0 Å². The number of furan rings is 1. The standard InChI is InChI=1S/C12H12N2O2/c15-12(10-3-1-6-13-9-10)14-7-5-11-4-2-8-16-11/h1-4,6,8-9H,5,7H2,(H,14,15). The van der Waals surface area contributed by atoms with Gasteiger partial charge in [0.25, 0.3) is 5.91 Å². The van der Waals surface area contributed by atoms with Crippen LogP contribution in [-0.4, -0.2) is 17.4 Å². The van der Waals surface area contributed by atoms with Gasteiger partial charge in [-0.3, -0.25) is 9.78 Å². The van der Waals surface area contributed by atoms with Gasteiger partial charge in [-0.15, -0.1) is 0 Å². The molecule has 2 aromatic rings. The molecule has 82 valence electrons. The first-order valence-corrected chi connectivity index (χ1v) is 5.07. The average Bonchev–Trinajstić information content (AvgIpc) is 2.83. The predicted molar refractivity (Wildman–Crippen MR) is 59.0 cm³/mol. The van der Waals surface area contributed by atoms with Gasteiger partial charge in [0.1, 0.15) is 5.76 Å². The lowest BCUT2D eigenvalue weighted by atomic mass is 10.2. The van der Waals surface area contributed by atoms with E-state index in [2.05, 4.69) is 10.3 Å². The minimum absolute atomic E-state index is 0.111. The van der Waals surface area contributed by atoms with Crippen LogP contribution in [0.15, 0.2) is 47.3 Å². The highest BCUT2D eigenvalue weighted by Crippen LogP contribution is 2.00. The molecule has 4 nitrogen and oxygen atoms in total. The molecular formula is C12H12N2O2. The number of carbonyl (C=O) groups excluding carboxylic acids is 1. The van der Waals surface area contributed by atoms with Crippen LogP contribution in [0.5, 0.6) is 0 Å². The molecule has 0 aliphatic heterocycles. The summed E-state index contributed by atoms with van der Waals surface area (Å²) >= 11 is 0. The van der Waals surface area contributed by atoms with Crippen LogP contribution in [0.4, 0.5) is 0 Å². The number of rotatable bonds is 4. The average molecular weight is 216 g/mol. The van der Waals surface area contributed by atoms with E-state index >= 15 is 0 Å². The fourth-order valence-corrected chi connectivity index (χ4v) is 1.35. The van der Waals surface area contributed by atoms with Crippen molar-refractivity contribution < 1.29 is 9.21 Å². The van der Waals surface area contributed by atoms with Crippen LogP contribution in [0.25, 0.3) is 0 Å². The molecule has 0 saturated heterocycles. The summed E-state index contributed by atoms with van der Waals surface area (Å²) in [7, 11) is 0. The molecule has 0 spiro atoms. The molecule has 16 heavy (non-hydrogen) atoms. The zero-order chi connectivity index (χ0) is 11.2. The summed E-state index contributed by atoms with van der Waals surface area (Å²) in [6.45, 7) is 0.557. The molecule has 0 bridgehead atoms. The molecule has 0 unspecified atom stereocenters. The Morgan fingerprint density at radius 1 is 1.38 bits per heavy atom. The molecule has 0 saturated carbocycles. The predicted octanol–water partition coefficient (Wildman–Crippen LogP) is 1.65. The summed E-state index contributed by atoms with van der Waals surface area (Å²) in [5.41, 5.74) is 0.571. The SMILES string of the molecule is O=C(NCCc1ccco1)c1cccnc1. The van der Waals surface area contributed by atoms with Crippen LogP contribution >= 0.6 is 0 Å². The van der Waals surface area contributed by atoms with Crippen molar-refractivity contribution >= 4 is 5.91 Å². The maximum absolute atomic E-state index is 11.6. The van der Waals surface area contributed by atoms with Gasteiger partial charge < -0.3 is 9.73 Å². The Morgan fingerprint density at radius 3 is 3.00 bits per heavy atom. The molecule has 0 aliphatic carbocycles. The molecule has 0 aliphatic rings. The van der Waals surface area contributed by atoms with Crippen LogP contribution in [0.1, 0.15) is 16.1 Å². The summed E-state index contributed by atoms with van der Waals surface area (Å²) < 4.78 is 5.16. The largest absolute Gasteiger partial charge is 0.469 e. The van der Waals surface area contributed by atoms with E-state index in [9.17, 15) is 4.79 Å². The van der Waals surface area contributed by atoms with E-state index in [0.29, 0.717) is 18.5 Å². The van der Waals surface area contributed by atoms with Gasteiger partial charge in [-0.25, -0.2) is 0 Å². The number of nitrogens with zero attached hydrogens (tertiary/aromatic N) is 1. The Balaban J connectivity index is 1.81. The topological polar surface area (TPSA) is 55.1 Å². The molecule has 0 radical (unpaired) electrons. The summed E-state index contributed by atoms with van der Waals surface area (Å²) in [5.74, 6) is 0.756. The number of pyridine rings is 1. The molecule has 0 fully saturated rings. The van der Waals surface area contributed by atoms with E-state index in [-0.39, 0.29) is 5.91 Å². The van der Waals surface area contributed by atoms with Crippen LogP contribution < -0.4 is 5.32 Å². The fourth-order valence-electron chi connectivity index (χ4n) is 1.35. The third-order valence-corrected chi connectivity index (χ3v) is 2.16. The smallest absolute Gasteiger partial charge is 0.252 e. The van der Waals surface area contributed by atoms with E-state index in [1.807, 2.05) is 12.1 Å². The maximum atomic E-state index is 11.6. The number of hydrogen-bond acceptors (Lipinski definition) is 3. The highest BCUT2D eigenvalue weighted by Gasteiger charge is 2.04. The van der Waals surface area contributed by atoms with Gasteiger partial charge in [0, 0.05) is 25.4 Å². The van der Waals surface area contributed by atoms with E-state index in [4.69, 9.17) is 4.42 Å². The van der Waals surface area contributed by atoms with Crippen molar-refractivity contribution in [3.63, 3.8) is 0 Å². The molecule has 2 heterocycles. The monoisotopic (exact) mass is 216 g/mol. The molecule has 0 atom stereocenters. The van der Waals surface area contributed by atoms with Gasteiger partial charge in [-0.05, 0) is 24.3 Å². The minimum Gasteiger partial charge on any atom is -0.469 e. The van der Waals surface area contributed by atoms with Crippen LogP contribution in [-0.2, 0) is 6.42 Å². The second-order valence-corrected chi connectivity index (χ2v) is 3.33. The second kappa shape index (κ2) is 5.11. The lowest BCUT2D eigenvalue weighted by molar-refractivity contribution is 0.0953. The number of hydrogen-bond donors (Lipinski definition) is 1. The summed E-state index contributed by atoms with van der Waals surface area (Å²) in [6.07, 6.45) is 5.50. The van der Waals surface area contributed by atoms with Crippen LogP contribution in [0.2, 0.25) is 0 Å². The third kappa shape index (κ3) is 2.70. The van der Waals surface area contributed by atoms with E-state index < -0.39 is 0 Å². The van der Waals surface area contributed by atoms with E-state index in [1.54, 1.807) is 30.8 Å². The first-order chi connectivity index (χ1) is 7.86. The third-order valence-electron chi connectivity index (χ3n) is 2.16. The van der Waals surface area contributed by atoms with Gasteiger partial charge in [0.15, 0.2) is 0 Å². The number of amides is 1. The van der Waals surface area contributed by atoms with Gasteiger partial charge in [0.2, 0.25) is 0 Å². The Morgan fingerprint density at radius 2 is 2.31 bits per heavy atom. The molecule has 2 rings (SSSR count). The Labute approximate surface area is 93.3 Å². The zero-order valence-electron chi connectivity index (χ0n) is 8.72.